The lowest BCUT2D eigenvalue weighted by molar-refractivity contribution is -0.123. The molecule has 1 N–H and O–H groups in total. The van der Waals surface area contributed by atoms with Crippen LogP contribution >= 0.6 is 0 Å². The van der Waals surface area contributed by atoms with Crippen LogP contribution in [0.2, 0.25) is 0 Å². The fourth-order valence-corrected chi connectivity index (χ4v) is 3.41. The van der Waals surface area contributed by atoms with Crippen LogP contribution in [0.4, 0.5) is 10.1 Å². The summed E-state index contributed by atoms with van der Waals surface area (Å²) in [7, 11) is 1.57. The molecule has 0 aliphatic carbocycles. The first-order valence-corrected chi connectivity index (χ1v) is 10.00. The molecule has 3 aromatic carbocycles. The number of halogens is 1. The van der Waals surface area contributed by atoms with Gasteiger partial charge in [-0.1, -0.05) is 42.5 Å². The van der Waals surface area contributed by atoms with E-state index in [1.54, 1.807) is 43.5 Å². The molecule has 162 valence electrons. The summed E-state index contributed by atoms with van der Waals surface area (Å²) in [5.74, 6) is -0.137. The zero-order valence-corrected chi connectivity index (χ0v) is 17.4. The molecule has 0 unspecified atom stereocenters. The molecule has 0 saturated heterocycles. The molecule has 0 fully saturated rings. The van der Waals surface area contributed by atoms with E-state index < -0.39 is 11.7 Å². The third-order valence-corrected chi connectivity index (χ3v) is 4.95. The molecule has 0 bridgehead atoms. The molecule has 2 amide bonds. The van der Waals surface area contributed by atoms with Crippen molar-refractivity contribution in [2.75, 3.05) is 18.6 Å². The van der Waals surface area contributed by atoms with E-state index in [9.17, 15) is 14.0 Å². The number of hydrogen-bond acceptors (Lipinski definition) is 4. The van der Waals surface area contributed by atoms with E-state index in [0.29, 0.717) is 22.7 Å². The Morgan fingerprint density at radius 1 is 1.09 bits per heavy atom. The van der Waals surface area contributed by atoms with Crippen molar-refractivity contribution in [1.82, 2.24) is 5.32 Å². The fraction of sp³-hybridized carbons (Fsp3) is 0.120. The Morgan fingerprint density at radius 2 is 1.88 bits per heavy atom. The van der Waals surface area contributed by atoms with Gasteiger partial charge in [0.25, 0.3) is 5.91 Å². The molecule has 4 rings (SSSR count). The number of fused-ring (bicyclic) bond motifs is 1. The van der Waals surface area contributed by atoms with E-state index in [2.05, 4.69) is 5.32 Å². The Bertz CT molecular complexity index is 1190. The molecule has 1 aliphatic rings. The topological polar surface area (TPSA) is 67.9 Å². The molecule has 3 aromatic rings. The van der Waals surface area contributed by atoms with Crippen molar-refractivity contribution in [2.45, 2.75) is 6.54 Å². The quantitative estimate of drug-likeness (QED) is 0.600. The van der Waals surface area contributed by atoms with Crippen molar-refractivity contribution in [3.63, 3.8) is 0 Å². The maximum absolute atomic E-state index is 13.6. The largest absolute Gasteiger partial charge is 0.496 e. The molecule has 1 heterocycles. The lowest BCUT2D eigenvalue weighted by Crippen LogP contribution is -2.44. The van der Waals surface area contributed by atoms with Gasteiger partial charge in [0.15, 0.2) is 11.5 Å². The third-order valence-electron chi connectivity index (χ3n) is 4.95. The minimum Gasteiger partial charge on any atom is -0.496 e. The van der Waals surface area contributed by atoms with Crippen molar-refractivity contribution in [1.29, 1.82) is 0 Å². The lowest BCUT2D eigenvalue weighted by Gasteiger charge is -2.30. The number of hydrogen-bond donors (Lipinski definition) is 1. The summed E-state index contributed by atoms with van der Waals surface area (Å²) in [6, 6.07) is 20.2. The highest BCUT2D eigenvalue weighted by atomic mass is 19.1. The van der Waals surface area contributed by atoms with Gasteiger partial charge in [-0.25, -0.2) is 4.39 Å². The summed E-state index contributed by atoms with van der Waals surface area (Å²) in [5, 5.41) is 2.82. The van der Waals surface area contributed by atoms with E-state index in [0.717, 1.165) is 5.56 Å². The number of methoxy groups -OCH3 is 1. The molecule has 0 spiro atoms. The number of nitrogens with zero attached hydrogens (tertiary/aromatic N) is 1. The van der Waals surface area contributed by atoms with E-state index in [4.69, 9.17) is 9.47 Å². The van der Waals surface area contributed by atoms with Gasteiger partial charge in [-0.2, -0.15) is 0 Å². The number of rotatable bonds is 6. The van der Waals surface area contributed by atoms with E-state index >= 15 is 0 Å². The Morgan fingerprint density at radius 3 is 2.69 bits per heavy atom. The van der Waals surface area contributed by atoms with Gasteiger partial charge in [0, 0.05) is 12.1 Å². The first kappa shape index (κ1) is 21.1. The van der Waals surface area contributed by atoms with Gasteiger partial charge in [0.1, 0.15) is 18.1 Å². The molecule has 7 heteroatoms. The van der Waals surface area contributed by atoms with E-state index in [1.807, 2.05) is 24.3 Å². The second-order valence-electron chi connectivity index (χ2n) is 7.11. The van der Waals surface area contributed by atoms with Gasteiger partial charge in [0.2, 0.25) is 5.91 Å². The number of nitrogens with one attached hydrogen (secondary N) is 1. The second-order valence-corrected chi connectivity index (χ2v) is 7.11. The van der Waals surface area contributed by atoms with Crippen LogP contribution in [0.15, 0.2) is 78.6 Å². The molecule has 0 atom stereocenters. The Hall–Kier alpha value is -4.13. The van der Waals surface area contributed by atoms with Crippen LogP contribution in [0, 0.1) is 5.82 Å². The minimum absolute atomic E-state index is 0.00632. The van der Waals surface area contributed by atoms with E-state index in [-0.39, 0.29) is 24.8 Å². The Kier molecular flexibility index (Phi) is 6.17. The summed E-state index contributed by atoms with van der Waals surface area (Å²) in [4.78, 5) is 27.2. The predicted molar refractivity (Wildman–Crippen MR) is 119 cm³/mol. The summed E-state index contributed by atoms with van der Waals surface area (Å²) in [5.41, 5.74) is 1.79. The van der Waals surface area contributed by atoms with Crippen molar-refractivity contribution in [3.05, 3.63) is 95.5 Å². The first-order chi connectivity index (χ1) is 15.5. The van der Waals surface area contributed by atoms with Gasteiger partial charge < -0.3 is 14.8 Å². The van der Waals surface area contributed by atoms with Crippen LogP contribution in [0.25, 0.3) is 6.08 Å². The van der Waals surface area contributed by atoms with Crippen molar-refractivity contribution < 1.29 is 23.5 Å². The van der Waals surface area contributed by atoms with Crippen LogP contribution in [0.3, 0.4) is 0 Å². The van der Waals surface area contributed by atoms with E-state index in [1.165, 1.54) is 23.1 Å². The second kappa shape index (κ2) is 9.34. The zero-order valence-electron chi connectivity index (χ0n) is 17.4. The molecule has 0 aromatic heterocycles. The number of carbonyl (C=O) groups excluding carboxylic acids is 2. The molecular formula is C25H21FN2O4. The average molecular weight is 432 g/mol. The number of amides is 2. The van der Waals surface area contributed by atoms with Gasteiger partial charge >= 0.3 is 0 Å². The maximum atomic E-state index is 13.6. The van der Waals surface area contributed by atoms with Crippen LogP contribution in [-0.2, 0) is 16.1 Å². The molecule has 0 saturated carbocycles. The molecule has 1 aliphatic heterocycles. The van der Waals surface area contributed by atoms with Crippen LogP contribution in [0.5, 0.6) is 11.5 Å². The predicted octanol–water partition coefficient (Wildman–Crippen LogP) is 3.92. The Balaban J connectivity index is 1.55. The van der Waals surface area contributed by atoms with Crippen molar-refractivity contribution >= 4 is 23.6 Å². The average Bonchev–Trinajstić information content (AvgIpc) is 2.80. The highest BCUT2D eigenvalue weighted by Crippen LogP contribution is 2.35. The van der Waals surface area contributed by atoms with Crippen LogP contribution in [0.1, 0.15) is 11.1 Å². The monoisotopic (exact) mass is 432 g/mol. The Labute approximate surface area is 184 Å². The number of ether oxygens (including phenoxy) is 2. The smallest absolute Gasteiger partial charge is 0.294 e. The number of benzene rings is 3. The fourth-order valence-electron chi connectivity index (χ4n) is 3.41. The molecular weight excluding hydrogens is 411 g/mol. The molecule has 6 nitrogen and oxygen atoms in total. The number of para-hydroxylation sites is 3. The summed E-state index contributed by atoms with van der Waals surface area (Å²) < 4.78 is 24.6. The highest BCUT2D eigenvalue weighted by molar-refractivity contribution is 6.12. The normalized spacial score (nSPS) is 14.0. The standard InChI is InChI=1S/C25H21FN2O4/c1-31-21-11-4-2-8-18(21)15-27-24(29)16-28-20-10-3-5-12-22(20)32-23(25(28)30)14-17-7-6-9-19(26)13-17/h2-14H,15-16H2,1H3,(H,27,29). The lowest BCUT2D eigenvalue weighted by atomic mass is 10.1. The van der Waals surface area contributed by atoms with Gasteiger partial charge in [-0.3, -0.25) is 14.5 Å². The number of carbonyl (C=O) groups is 2. The number of anilines is 1. The van der Waals surface area contributed by atoms with Gasteiger partial charge in [0.05, 0.1) is 12.8 Å². The summed E-state index contributed by atoms with van der Waals surface area (Å²) >= 11 is 0. The zero-order chi connectivity index (χ0) is 22.5. The molecule has 0 radical (unpaired) electrons. The summed E-state index contributed by atoms with van der Waals surface area (Å²) in [6.45, 7) is 0.0594. The highest BCUT2D eigenvalue weighted by Gasteiger charge is 2.31. The SMILES string of the molecule is COc1ccccc1CNC(=O)CN1C(=O)C(=Cc2cccc(F)c2)Oc2ccccc21. The maximum Gasteiger partial charge on any atom is 0.294 e. The van der Waals surface area contributed by atoms with Gasteiger partial charge in [-0.05, 0) is 42.0 Å². The molecule has 32 heavy (non-hydrogen) atoms. The van der Waals surface area contributed by atoms with Crippen molar-refractivity contribution in [3.8, 4) is 11.5 Å². The first-order valence-electron chi connectivity index (χ1n) is 10.00. The van der Waals surface area contributed by atoms with Crippen molar-refractivity contribution in [2.24, 2.45) is 0 Å². The van der Waals surface area contributed by atoms with Crippen LogP contribution in [-0.4, -0.2) is 25.5 Å². The summed E-state index contributed by atoms with van der Waals surface area (Å²) in [6.07, 6.45) is 1.46. The minimum atomic E-state index is -0.486. The van der Waals surface area contributed by atoms with Crippen LogP contribution < -0.4 is 19.7 Å². The third kappa shape index (κ3) is 4.62. The van der Waals surface area contributed by atoms with Gasteiger partial charge in [-0.15, -0.1) is 0 Å².